The Balaban J connectivity index is 0.943. The number of rotatable bonds is 7. The molecule has 2 heterocycles. The van der Waals surface area contributed by atoms with Gasteiger partial charge in [-0.2, -0.15) is 0 Å². The second-order valence-electron chi connectivity index (χ2n) is 16.2. The quantitative estimate of drug-likeness (QED) is 0.152. The fraction of sp³-hybridized carbons (Fsp3) is 0. The fourth-order valence-corrected chi connectivity index (χ4v) is 9.48. The zero-order valence-corrected chi connectivity index (χ0v) is 34.0. The van der Waals surface area contributed by atoms with E-state index in [1.165, 1.54) is 99.2 Å². The number of hydrogen-bond acceptors (Lipinski definition) is 0. The molecular formula is C60H40N2. The third-order valence-electron chi connectivity index (χ3n) is 12.5. The van der Waals surface area contributed by atoms with Gasteiger partial charge >= 0.3 is 0 Å². The van der Waals surface area contributed by atoms with Crippen molar-refractivity contribution in [2.24, 2.45) is 0 Å². The zero-order chi connectivity index (χ0) is 41.0. The third-order valence-corrected chi connectivity index (χ3v) is 12.5. The van der Waals surface area contributed by atoms with E-state index < -0.39 is 0 Å². The van der Waals surface area contributed by atoms with Crippen LogP contribution in [0.25, 0.3) is 111 Å². The molecular weight excluding hydrogens is 749 g/mol. The highest BCUT2D eigenvalue weighted by atomic mass is 15.0. The van der Waals surface area contributed by atoms with Crippen molar-refractivity contribution < 1.29 is 0 Å². The number of hydrogen-bond donors (Lipinski definition) is 0. The van der Waals surface area contributed by atoms with Crippen molar-refractivity contribution in [2.75, 3.05) is 0 Å². The molecule has 0 unspecified atom stereocenters. The van der Waals surface area contributed by atoms with Crippen LogP contribution in [0.4, 0.5) is 0 Å². The second-order valence-corrected chi connectivity index (χ2v) is 16.2. The Labute approximate surface area is 360 Å². The maximum Gasteiger partial charge on any atom is 0.0547 e. The van der Waals surface area contributed by atoms with E-state index in [0.29, 0.717) is 0 Å². The van der Waals surface area contributed by atoms with E-state index in [2.05, 4.69) is 252 Å². The number of benzene rings is 10. The Morgan fingerprint density at radius 3 is 1.05 bits per heavy atom. The smallest absolute Gasteiger partial charge is 0.0547 e. The van der Waals surface area contributed by atoms with Gasteiger partial charge in [-0.25, -0.2) is 0 Å². The standard InChI is InChI=1S/C60H40N2/c1-4-14-41(15-5-1)44-24-30-52(31-25-44)62-57-22-12-10-20-53(57)55-34-28-47(40-60(55)62)46-29-35-59-56(39-46)54-21-11-13-23-58(54)61(59)51-32-26-45(27-33-51)50-37-48(42-16-6-2-7-17-42)36-49(38-50)43-18-8-3-9-19-43/h1-40H. The predicted octanol–water partition coefficient (Wildman–Crippen LogP) is 16.2. The molecule has 12 aromatic rings. The minimum Gasteiger partial charge on any atom is -0.309 e. The molecule has 10 aromatic carbocycles. The summed E-state index contributed by atoms with van der Waals surface area (Å²) in [5.74, 6) is 0. The van der Waals surface area contributed by atoms with Gasteiger partial charge in [-0.3, -0.25) is 0 Å². The van der Waals surface area contributed by atoms with Crippen LogP contribution >= 0.6 is 0 Å². The summed E-state index contributed by atoms with van der Waals surface area (Å²) in [4.78, 5) is 0. The van der Waals surface area contributed by atoms with Gasteiger partial charge in [0.1, 0.15) is 0 Å². The van der Waals surface area contributed by atoms with Crippen LogP contribution in [0.2, 0.25) is 0 Å². The molecule has 2 nitrogen and oxygen atoms in total. The first-order chi connectivity index (χ1) is 30.7. The van der Waals surface area contributed by atoms with E-state index in [1.807, 2.05) is 0 Å². The van der Waals surface area contributed by atoms with Gasteiger partial charge in [0.25, 0.3) is 0 Å². The minimum absolute atomic E-state index is 1.14. The molecule has 62 heavy (non-hydrogen) atoms. The molecule has 0 saturated carbocycles. The maximum atomic E-state index is 2.41. The molecule has 2 heteroatoms. The Morgan fingerprint density at radius 1 is 0.177 bits per heavy atom. The van der Waals surface area contributed by atoms with Gasteiger partial charge in [-0.15, -0.1) is 0 Å². The maximum absolute atomic E-state index is 2.41. The van der Waals surface area contributed by atoms with Crippen LogP contribution in [0.15, 0.2) is 243 Å². The Kier molecular flexibility index (Phi) is 8.53. The third kappa shape index (κ3) is 6.12. The van der Waals surface area contributed by atoms with Crippen molar-refractivity contribution in [3.05, 3.63) is 243 Å². The molecule has 0 spiro atoms. The van der Waals surface area contributed by atoms with E-state index in [4.69, 9.17) is 0 Å². The first kappa shape index (κ1) is 35.7. The molecule has 0 amide bonds. The summed E-state index contributed by atoms with van der Waals surface area (Å²) in [7, 11) is 0. The van der Waals surface area contributed by atoms with E-state index in [-0.39, 0.29) is 0 Å². The van der Waals surface area contributed by atoms with Crippen molar-refractivity contribution >= 4 is 43.6 Å². The summed E-state index contributed by atoms with van der Waals surface area (Å²) in [5.41, 5.74) is 19.1. The summed E-state index contributed by atoms with van der Waals surface area (Å²) in [6.07, 6.45) is 0. The summed E-state index contributed by atoms with van der Waals surface area (Å²) in [5, 5.41) is 4.99. The summed E-state index contributed by atoms with van der Waals surface area (Å²) >= 11 is 0. The molecule has 0 bridgehead atoms. The highest BCUT2D eigenvalue weighted by Gasteiger charge is 2.17. The largest absolute Gasteiger partial charge is 0.309 e. The Morgan fingerprint density at radius 2 is 0.516 bits per heavy atom. The van der Waals surface area contributed by atoms with Crippen LogP contribution in [0.5, 0.6) is 0 Å². The summed E-state index contributed by atoms with van der Waals surface area (Å²) in [6, 6.07) is 88.4. The molecule has 0 saturated heterocycles. The lowest BCUT2D eigenvalue weighted by Gasteiger charge is -2.13. The van der Waals surface area contributed by atoms with E-state index >= 15 is 0 Å². The summed E-state index contributed by atoms with van der Waals surface area (Å²) in [6.45, 7) is 0. The fourth-order valence-electron chi connectivity index (χ4n) is 9.48. The SMILES string of the molecule is c1ccc(-c2ccc(-n3c4ccccc4c4ccc(-c5ccc6c(c5)c5ccccc5n6-c5ccc(-c6cc(-c7ccccc7)cc(-c7ccccc7)c6)cc5)cc43)cc2)cc1. The van der Waals surface area contributed by atoms with Crippen molar-refractivity contribution in [1.82, 2.24) is 9.13 Å². The van der Waals surface area contributed by atoms with Crippen molar-refractivity contribution in [2.45, 2.75) is 0 Å². The van der Waals surface area contributed by atoms with E-state index in [9.17, 15) is 0 Å². The molecule has 2 aromatic heterocycles. The Hall–Kier alpha value is -8.20. The number of aromatic nitrogens is 2. The Bertz CT molecular complexity index is 3520. The van der Waals surface area contributed by atoms with Gasteiger partial charge in [0, 0.05) is 32.9 Å². The molecule has 290 valence electrons. The second kappa shape index (κ2) is 14.8. The van der Waals surface area contributed by atoms with Gasteiger partial charge in [-0.1, -0.05) is 170 Å². The first-order valence-electron chi connectivity index (χ1n) is 21.3. The normalized spacial score (nSPS) is 11.5. The van der Waals surface area contributed by atoms with Crippen LogP contribution in [0.3, 0.4) is 0 Å². The van der Waals surface area contributed by atoms with E-state index in [1.54, 1.807) is 0 Å². The molecule has 0 N–H and O–H groups in total. The molecule has 12 rings (SSSR count). The molecule has 0 aliphatic rings. The molecule has 0 fully saturated rings. The van der Waals surface area contributed by atoms with Gasteiger partial charge in [0.05, 0.1) is 22.1 Å². The zero-order valence-electron chi connectivity index (χ0n) is 34.0. The highest BCUT2D eigenvalue weighted by molar-refractivity contribution is 6.12. The number of nitrogens with zero attached hydrogens (tertiary/aromatic N) is 2. The highest BCUT2D eigenvalue weighted by Crippen LogP contribution is 2.39. The average Bonchev–Trinajstić information content (AvgIpc) is 3.87. The van der Waals surface area contributed by atoms with Crippen molar-refractivity contribution in [1.29, 1.82) is 0 Å². The number of para-hydroxylation sites is 2. The van der Waals surface area contributed by atoms with Gasteiger partial charge in [-0.05, 0) is 128 Å². The van der Waals surface area contributed by atoms with Crippen LogP contribution in [-0.4, -0.2) is 9.13 Å². The van der Waals surface area contributed by atoms with Crippen LogP contribution in [0, 0.1) is 0 Å². The van der Waals surface area contributed by atoms with Crippen LogP contribution in [0.1, 0.15) is 0 Å². The average molecular weight is 789 g/mol. The van der Waals surface area contributed by atoms with Gasteiger partial charge in [0.2, 0.25) is 0 Å². The van der Waals surface area contributed by atoms with Gasteiger partial charge < -0.3 is 9.13 Å². The van der Waals surface area contributed by atoms with Crippen LogP contribution in [-0.2, 0) is 0 Å². The molecule has 0 radical (unpaired) electrons. The lowest BCUT2D eigenvalue weighted by Crippen LogP contribution is -1.94. The molecule has 0 aliphatic carbocycles. The van der Waals surface area contributed by atoms with Crippen LogP contribution < -0.4 is 0 Å². The predicted molar refractivity (Wildman–Crippen MR) is 262 cm³/mol. The number of fused-ring (bicyclic) bond motifs is 6. The first-order valence-corrected chi connectivity index (χ1v) is 21.3. The lowest BCUT2D eigenvalue weighted by molar-refractivity contribution is 1.18. The monoisotopic (exact) mass is 788 g/mol. The topological polar surface area (TPSA) is 9.86 Å². The van der Waals surface area contributed by atoms with Crippen molar-refractivity contribution in [3.63, 3.8) is 0 Å². The van der Waals surface area contributed by atoms with Gasteiger partial charge in [0.15, 0.2) is 0 Å². The lowest BCUT2D eigenvalue weighted by atomic mass is 9.93. The summed E-state index contributed by atoms with van der Waals surface area (Å²) < 4.78 is 4.82. The van der Waals surface area contributed by atoms with Crippen molar-refractivity contribution in [3.8, 4) is 67.0 Å². The van der Waals surface area contributed by atoms with E-state index in [0.717, 1.165) is 11.4 Å². The molecule has 0 atom stereocenters. The minimum atomic E-state index is 1.14. The molecule has 0 aliphatic heterocycles.